The predicted molar refractivity (Wildman–Crippen MR) is 65.1 cm³/mol. The second-order valence-corrected chi connectivity index (χ2v) is 5.30. The van der Waals surface area contributed by atoms with Crippen molar-refractivity contribution >= 4 is 0 Å². The fraction of sp³-hybridized carbons (Fsp3) is 1.00. The third kappa shape index (κ3) is 4.12. The summed E-state index contributed by atoms with van der Waals surface area (Å²) in [6, 6.07) is 0.884. The first-order valence-electron chi connectivity index (χ1n) is 6.84. The lowest BCUT2D eigenvalue weighted by molar-refractivity contribution is 0.170. The van der Waals surface area contributed by atoms with Gasteiger partial charge in [-0.05, 0) is 57.7 Å². The highest BCUT2D eigenvalue weighted by atomic mass is 15.1. The molecule has 1 saturated heterocycles. The van der Waals surface area contributed by atoms with E-state index in [4.69, 9.17) is 0 Å². The molecule has 2 fully saturated rings. The van der Waals surface area contributed by atoms with Gasteiger partial charge in [-0.15, -0.1) is 0 Å². The maximum atomic E-state index is 3.59. The summed E-state index contributed by atoms with van der Waals surface area (Å²) in [6.45, 7) is 7.59. The zero-order valence-electron chi connectivity index (χ0n) is 10.2. The molecule has 0 aromatic rings. The van der Waals surface area contributed by atoms with E-state index in [1.165, 1.54) is 64.7 Å². The summed E-state index contributed by atoms with van der Waals surface area (Å²) in [4.78, 5) is 2.67. The molecule has 2 heteroatoms. The molecule has 0 bridgehead atoms. The molecule has 2 aliphatic rings. The number of hydrogen-bond donors (Lipinski definition) is 1. The third-order valence-electron chi connectivity index (χ3n) is 3.84. The second kappa shape index (κ2) is 5.86. The van der Waals surface area contributed by atoms with Crippen molar-refractivity contribution in [3.8, 4) is 0 Å². The summed E-state index contributed by atoms with van der Waals surface area (Å²) >= 11 is 0. The van der Waals surface area contributed by atoms with Crippen molar-refractivity contribution in [2.75, 3.05) is 26.2 Å². The van der Waals surface area contributed by atoms with Gasteiger partial charge in [0, 0.05) is 12.6 Å². The highest BCUT2D eigenvalue weighted by molar-refractivity contribution is 4.80. The number of nitrogens with one attached hydrogen (secondary N) is 1. The van der Waals surface area contributed by atoms with E-state index in [1.54, 1.807) is 0 Å². The van der Waals surface area contributed by atoms with Gasteiger partial charge >= 0.3 is 0 Å². The predicted octanol–water partition coefficient (Wildman–Crippen LogP) is 2.25. The normalized spacial score (nSPS) is 28.2. The van der Waals surface area contributed by atoms with Crippen LogP contribution in [0.3, 0.4) is 0 Å². The molecule has 2 nitrogen and oxygen atoms in total. The van der Waals surface area contributed by atoms with Gasteiger partial charge in [0.2, 0.25) is 0 Å². The fourth-order valence-electron chi connectivity index (χ4n) is 2.58. The lowest BCUT2D eigenvalue weighted by Gasteiger charge is -2.32. The van der Waals surface area contributed by atoms with E-state index < -0.39 is 0 Å². The van der Waals surface area contributed by atoms with Crippen LogP contribution in [0.25, 0.3) is 0 Å². The second-order valence-electron chi connectivity index (χ2n) is 5.30. The molecule has 1 aliphatic heterocycles. The van der Waals surface area contributed by atoms with Crippen LogP contribution in [-0.4, -0.2) is 37.1 Å². The molecule has 0 spiro atoms. The average Bonchev–Trinajstić information content (AvgIpc) is 3.09. The molecule has 2 rings (SSSR count). The summed E-state index contributed by atoms with van der Waals surface area (Å²) in [6.07, 6.45) is 8.44. The van der Waals surface area contributed by atoms with Crippen molar-refractivity contribution in [1.82, 2.24) is 10.2 Å². The van der Waals surface area contributed by atoms with Gasteiger partial charge < -0.3 is 10.2 Å². The van der Waals surface area contributed by atoms with E-state index >= 15 is 0 Å². The van der Waals surface area contributed by atoms with Gasteiger partial charge in [0.05, 0.1) is 0 Å². The smallest absolute Gasteiger partial charge is 0.00682 e. The Balaban J connectivity index is 1.52. The highest BCUT2D eigenvalue weighted by Gasteiger charge is 2.20. The monoisotopic (exact) mass is 210 g/mol. The van der Waals surface area contributed by atoms with Crippen LogP contribution in [0.1, 0.15) is 45.4 Å². The van der Waals surface area contributed by atoms with Crippen molar-refractivity contribution in [1.29, 1.82) is 0 Å². The molecule has 0 amide bonds. The summed E-state index contributed by atoms with van der Waals surface area (Å²) in [5, 5.41) is 3.59. The Morgan fingerprint density at radius 1 is 1.27 bits per heavy atom. The number of hydrogen-bond acceptors (Lipinski definition) is 2. The van der Waals surface area contributed by atoms with Crippen LogP contribution in [-0.2, 0) is 0 Å². The first-order chi connectivity index (χ1) is 7.38. The zero-order valence-corrected chi connectivity index (χ0v) is 10.2. The molecule has 0 aromatic heterocycles. The van der Waals surface area contributed by atoms with Crippen molar-refractivity contribution in [3.05, 3.63) is 0 Å². The van der Waals surface area contributed by atoms with Crippen molar-refractivity contribution < 1.29 is 0 Å². The number of likely N-dealkylation sites (tertiary alicyclic amines) is 1. The highest BCUT2D eigenvalue weighted by Crippen LogP contribution is 2.20. The Bertz CT molecular complexity index is 177. The van der Waals surface area contributed by atoms with E-state index in [0.29, 0.717) is 0 Å². The van der Waals surface area contributed by atoms with E-state index in [2.05, 4.69) is 17.1 Å². The van der Waals surface area contributed by atoms with Crippen molar-refractivity contribution in [2.45, 2.75) is 51.5 Å². The molecule has 88 valence electrons. The molecule has 1 aliphatic carbocycles. The van der Waals surface area contributed by atoms with Gasteiger partial charge in [0.25, 0.3) is 0 Å². The minimum Gasteiger partial charge on any atom is -0.314 e. The Morgan fingerprint density at radius 3 is 2.87 bits per heavy atom. The van der Waals surface area contributed by atoms with Gasteiger partial charge in [0.1, 0.15) is 0 Å². The summed E-state index contributed by atoms with van der Waals surface area (Å²) in [5.41, 5.74) is 0. The molecule has 0 aromatic carbocycles. The van der Waals surface area contributed by atoms with E-state index in [9.17, 15) is 0 Å². The van der Waals surface area contributed by atoms with Crippen LogP contribution in [0.15, 0.2) is 0 Å². The summed E-state index contributed by atoms with van der Waals surface area (Å²) in [7, 11) is 0. The van der Waals surface area contributed by atoms with Crippen LogP contribution >= 0.6 is 0 Å². The van der Waals surface area contributed by atoms with Gasteiger partial charge in [-0.3, -0.25) is 0 Å². The number of piperidine rings is 1. The van der Waals surface area contributed by atoms with E-state index in [-0.39, 0.29) is 0 Å². The molecule has 1 unspecified atom stereocenters. The van der Waals surface area contributed by atoms with Crippen LogP contribution in [0, 0.1) is 5.92 Å². The van der Waals surface area contributed by atoms with Gasteiger partial charge in [-0.2, -0.15) is 0 Å². The minimum atomic E-state index is 0.884. The zero-order chi connectivity index (χ0) is 10.5. The molecular formula is C13H26N2. The largest absolute Gasteiger partial charge is 0.314 e. The number of nitrogens with zero attached hydrogens (tertiary/aromatic N) is 1. The Hall–Kier alpha value is -0.0800. The number of rotatable bonds is 6. The first-order valence-corrected chi connectivity index (χ1v) is 6.84. The summed E-state index contributed by atoms with van der Waals surface area (Å²) in [5.74, 6) is 0.982. The van der Waals surface area contributed by atoms with Gasteiger partial charge in [-0.25, -0.2) is 0 Å². The van der Waals surface area contributed by atoms with Crippen LogP contribution in [0.2, 0.25) is 0 Å². The maximum Gasteiger partial charge on any atom is 0.00682 e. The molecule has 1 saturated carbocycles. The fourth-order valence-corrected chi connectivity index (χ4v) is 2.58. The maximum absolute atomic E-state index is 3.59. The third-order valence-corrected chi connectivity index (χ3v) is 3.84. The lowest BCUT2D eigenvalue weighted by Crippen LogP contribution is -2.36. The van der Waals surface area contributed by atoms with E-state index in [0.717, 1.165) is 12.0 Å². The average molecular weight is 210 g/mol. The van der Waals surface area contributed by atoms with Crippen molar-refractivity contribution in [2.24, 2.45) is 5.92 Å². The quantitative estimate of drug-likeness (QED) is 0.676. The van der Waals surface area contributed by atoms with Crippen LogP contribution < -0.4 is 5.32 Å². The Kier molecular flexibility index (Phi) is 4.45. The molecule has 1 N–H and O–H groups in total. The molecule has 1 heterocycles. The minimum absolute atomic E-state index is 0.884. The molecule has 15 heavy (non-hydrogen) atoms. The van der Waals surface area contributed by atoms with E-state index in [1.807, 2.05) is 0 Å². The molecule has 0 radical (unpaired) electrons. The van der Waals surface area contributed by atoms with Crippen LogP contribution in [0.4, 0.5) is 0 Å². The van der Waals surface area contributed by atoms with Gasteiger partial charge in [-0.1, -0.05) is 13.3 Å². The molecule has 1 atom stereocenters. The first kappa shape index (κ1) is 11.4. The van der Waals surface area contributed by atoms with Crippen LogP contribution in [0.5, 0.6) is 0 Å². The SMILES string of the molecule is CCC1CCCN(CCCNC2CC2)C1. The lowest BCUT2D eigenvalue weighted by atomic mass is 9.95. The standard InChI is InChI=1S/C13H26N2/c1-2-12-5-3-9-15(11-12)10-4-8-14-13-6-7-13/h12-14H,2-11H2,1H3. The van der Waals surface area contributed by atoms with Gasteiger partial charge in [0.15, 0.2) is 0 Å². The van der Waals surface area contributed by atoms with Crippen molar-refractivity contribution in [3.63, 3.8) is 0 Å². The Morgan fingerprint density at radius 2 is 2.13 bits per heavy atom. The Labute approximate surface area is 94.4 Å². The summed E-state index contributed by atoms with van der Waals surface area (Å²) < 4.78 is 0. The molecular weight excluding hydrogens is 184 g/mol. The topological polar surface area (TPSA) is 15.3 Å².